The Morgan fingerprint density at radius 2 is 2.06 bits per heavy atom. The zero-order valence-corrected chi connectivity index (χ0v) is 12.2. The normalized spacial score (nSPS) is 12.5. The Hall–Kier alpha value is -0.780. The van der Waals surface area contributed by atoms with E-state index in [0.717, 1.165) is 15.8 Å². The number of benzene rings is 1. The number of rotatable bonds is 3. The molecule has 1 N–H and O–H groups in total. The van der Waals surface area contributed by atoms with E-state index in [0.29, 0.717) is 10.2 Å². The Morgan fingerprint density at radius 1 is 1.29 bits per heavy atom. The van der Waals surface area contributed by atoms with Crippen molar-refractivity contribution in [2.75, 3.05) is 7.11 Å². The minimum atomic E-state index is -0.731. The Bertz CT molecular complexity index is 522. The Balaban J connectivity index is 2.35. The van der Waals surface area contributed by atoms with Crippen molar-refractivity contribution in [3.05, 3.63) is 50.8 Å². The van der Waals surface area contributed by atoms with Gasteiger partial charge in [-0.25, -0.2) is 0 Å². The first-order valence-corrected chi connectivity index (χ1v) is 6.46. The van der Waals surface area contributed by atoms with Gasteiger partial charge in [0.2, 0.25) is 0 Å². The molecule has 1 atom stereocenters. The molecule has 2 rings (SSSR count). The van der Waals surface area contributed by atoms with Crippen LogP contribution in [0, 0.1) is 0 Å². The molecular formula is C12H10Br2O3. The summed E-state index contributed by atoms with van der Waals surface area (Å²) < 4.78 is 11.6. The van der Waals surface area contributed by atoms with Crippen molar-refractivity contribution in [3.63, 3.8) is 0 Å². The van der Waals surface area contributed by atoms with E-state index in [2.05, 4.69) is 31.9 Å². The lowest BCUT2D eigenvalue weighted by Crippen LogP contribution is -1.99. The molecular weight excluding hydrogens is 352 g/mol. The molecule has 0 spiro atoms. The van der Waals surface area contributed by atoms with Crippen molar-refractivity contribution in [2.24, 2.45) is 0 Å². The highest BCUT2D eigenvalue weighted by atomic mass is 79.9. The summed E-state index contributed by atoms with van der Waals surface area (Å²) in [6.45, 7) is 0. The molecule has 0 aliphatic rings. The van der Waals surface area contributed by atoms with E-state index in [9.17, 15) is 5.11 Å². The summed E-state index contributed by atoms with van der Waals surface area (Å²) in [5.41, 5.74) is 1.46. The number of ether oxygens (including phenoxy) is 1. The second-order valence-electron chi connectivity index (χ2n) is 3.45. The lowest BCUT2D eigenvalue weighted by Gasteiger charge is -2.11. The number of hydrogen-bond donors (Lipinski definition) is 1. The van der Waals surface area contributed by atoms with Crippen LogP contribution in [0.1, 0.15) is 17.2 Å². The number of aliphatic hydroxyl groups is 1. The molecule has 90 valence electrons. The first-order valence-electron chi connectivity index (χ1n) is 4.88. The smallest absolute Gasteiger partial charge is 0.175 e. The lowest BCUT2D eigenvalue weighted by molar-refractivity contribution is 0.217. The van der Waals surface area contributed by atoms with E-state index < -0.39 is 6.10 Å². The van der Waals surface area contributed by atoms with E-state index in [1.807, 2.05) is 12.1 Å². The first kappa shape index (κ1) is 12.7. The summed E-state index contributed by atoms with van der Waals surface area (Å²) in [5, 5.41) is 10.2. The summed E-state index contributed by atoms with van der Waals surface area (Å²) in [5.74, 6) is 0.729. The number of halogens is 2. The predicted molar refractivity (Wildman–Crippen MR) is 71.2 cm³/mol. The fraction of sp³-hybridized carbons (Fsp3) is 0.167. The van der Waals surface area contributed by atoms with E-state index in [4.69, 9.17) is 9.15 Å². The van der Waals surface area contributed by atoms with Gasteiger partial charge in [-0.2, -0.15) is 0 Å². The SMILES string of the molecule is COc1ccc(C(O)c2ccoc2Br)cc1Br. The number of aliphatic hydroxyl groups excluding tert-OH is 1. The van der Waals surface area contributed by atoms with Crippen LogP contribution in [-0.2, 0) is 0 Å². The third-order valence-electron chi connectivity index (χ3n) is 2.43. The van der Waals surface area contributed by atoms with Crippen LogP contribution in [0.4, 0.5) is 0 Å². The van der Waals surface area contributed by atoms with E-state index >= 15 is 0 Å². The molecule has 1 heterocycles. The molecule has 2 aromatic rings. The molecule has 0 saturated heterocycles. The highest BCUT2D eigenvalue weighted by Gasteiger charge is 2.16. The summed E-state index contributed by atoms with van der Waals surface area (Å²) in [4.78, 5) is 0. The Kier molecular flexibility index (Phi) is 3.91. The molecule has 0 aliphatic carbocycles. The van der Waals surface area contributed by atoms with Crippen LogP contribution >= 0.6 is 31.9 Å². The molecule has 0 radical (unpaired) electrons. The van der Waals surface area contributed by atoms with E-state index in [-0.39, 0.29) is 0 Å². The lowest BCUT2D eigenvalue weighted by atomic mass is 10.0. The van der Waals surface area contributed by atoms with Gasteiger partial charge in [0, 0.05) is 5.56 Å². The molecule has 3 nitrogen and oxygen atoms in total. The summed E-state index contributed by atoms with van der Waals surface area (Å²) in [7, 11) is 1.60. The van der Waals surface area contributed by atoms with Crippen molar-refractivity contribution in [1.29, 1.82) is 0 Å². The maximum atomic E-state index is 10.2. The monoisotopic (exact) mass is 360 g/mol. The van der Waals surface area contributed by atoms with Gasteiger partial charge in [0.05, 0.1) is 17.8 Å². The largest absolute Gasteiger partial charge is 0.496 e. The van der Waals surface area contributed by atoms with Gasteiger partial charge >= 0.3 is 0 Å². The van der Waals surface area contributed by atoms with Crippen LogP contribution in [0.25, 0.3) is 0 Å². The van der Waals surface area contributed by atoms with Crippen molar-refractivity contribution in [3.8, 4) is 5.75 Å². The third kappa shape index (κ3) is 2.56. The van der Waals surface area contributed by atoms with Gasteiger partial charge in [-0.3, -0.25) is 0 Å². The molecule has 0 fully saturated rings. The molecule has 0 aliphatic heterocycles. The number of methoxy groups -OCH3 is 1. The standard InChI is InChI=1S/C12H10Br2O3/c1-16-10-3-2-7(6-9(10)13)11(15)8-4-5-17-12(8)14/h2-6,11,15H,1H3. The maximum Gasteiger partial charge on any atom is 0.175 e. The average molecular weight is 362 g/mol. The number of hydrogen-bond acceptors (Lipinski definition) is 3. The Morgan fingerprint density at radius 3 is 2.59 bits per heavy atom. The average Bonchev–Trinajstić information content (AvgIpc) is 2.74. The Labute approximate surface area is 116 Å². The van der Waals surface area contributed by atoms with Crippen molar-refractivity contribution < 1.29 is 14.3 Å². The van der Waals surface area contributed by atoms with Crippen molar-refractivity contribution in [1.82, 2.24) is 0 Å². The topological polar surface area (TPSA) is 42.6 Å². The summed E-state index contributed by atoms with van der Waals surface area (Å²) >= 11 is 6.63. The molecule has 1 aromatic carbocycles. The van der Waals surface area contributed by atoms with Gasteiger partial charge in [0.15, 0.2) is 4.67 Å². The highest BCUT2D eigenvalue weighted by Crippen LogP contribution is 2.33. The molecule has 17 heavy (non-hydrogen) atoms. The van der Waals surface area contributed by atoms with Gasteiger partial charge in [-0.15, -0.1) is 0 Å². The third-order valence-corrected chi connectivity index (χ3v) is 3.70. The van der Waals surface area contributed by atoms with Gasteiger partial charge in [0.1, 0.15) is 11.9 Å². The quantitative estimate of drug-likeness (QED) is 0.901. The second kappa shape index (κ2) is 5.25. The fourth-order valence-electron chi connectivity index (χ4n) is 1.53. The maximum absolute atomic E-state index is 10.2. The van der Waals surface area contributed by atoms with Gasteiger partial charge in [-0.05, 0) is 55.6 Å². The summed E-state index contributed by atoms with van der Waals surface area (Å²) in [6, 6.07) is 7.17. The van der Waals surface area contributed by atoms with E-state index in [1.165, 1.54) is 6.26 Å². The summed E-state index contributed by atoms with van der Waals surface area (Å²) in [6.07, 6.45) is 0.798. The highest BCUT2D eigenvalue weighted by molar-refractivity contribution is 9.10. The minimum Gasteiger partial charge on any atom is -0.496 e. The molecule has 1 unspecified atom stereocenters. The van der Waals surface area contributed by atoms with Crippen LogP contribution in [0.15, 0.2) is 44.1 Å². The zero-order chi connectivity index (χ0) is 12.4. The van der Waals surface area contributed by atoms with Gasteiger partial charge < -0.3 is 14.3 Å². The van der Waals surface area contributed by atoms with Crippen LogP contribution in [0.2, 0.25) is 0 Å². The molecule has 1 aromatic heterocycles. The first-order chi connectivity index (χ1) is 8.13. The number of furan rings is 1. The van der Waals surface area contributed by atoms with Crippen LogP contribution < -0.4 is 4.74 Å². The molecule has 0 bridgehead atoms. The molecule has 0 saturated carbocycles. The second-order valence-corrected chi connectivity index (χ2v) is 5.02. The van der Waals surface area contributed by atoms with E-state index in [1.54, 1.807) is 19.2 Å². The zero-order valence-electron chi connectivity index (χ0n) is 8.98. The van der Waals surface area contributed by atoms with Gasteiger partial charge in [-0.1, -0.05) is 6.07 Å². The van der Waals surface area contributed by atoms with Crippen molar-refractivity contribution >= 4 is 31.9 Å². The fourth-order valence-corrected chi connectivity index (χ4v) is 2.55. The molecule has 5 heteroatoms. The van der Waals surface area contributed by atoms with Crippen LogP contribution in [-0.4, -0.2) is 12.2 Å². The van der Waals surface area contributed by atoms with Gasteiger partial charge in [0.25, 0.3) is 0 Å². The van der Waals surface area contributed by atoms with Crippen LogP contribution in [0.3, 0.4) is 0 Å². The van der Waals surface area contributed by atoms with Crippen molar-refractivity contribution in [2.45, 2.75) is 6.10 Å². The predicted octanol–water partition coefficient (Wildman–Crippen LogP) is 3.89. The minimum absolute atomic E-state index is 0.539. The molecule has 0 amide bonds. The van der Waals surface area contributed by atoms with Crippen LogP contribution in [0.5, 0.6) is 5.75 Å².